The number of rotatable bonds is 5. The second-order valence-electron chi connectivity index (χ2n) is 5.92. The van der Waals surface area contributed by atoms with Gasteiger partial charge < -0.3 is 20.5 Å². The van der Waals surface area contributed by atoms with Crippen molar-refractivity contribution in [3.63, 3.8) is 0 Å². The van der Waals surface area contributed by atoms with E-state index in [1.165, 1.54) is 0 Å². The fraction of sp³-hybridized carbons (Fsp3) is 0.929. The van der Waals surface area contributed by atoms with E-state index < -0.39 is 0 Å². The molecule has 0 aromatic rings. The Morgan fingerprint density at radius 1 is 1.32 bits per heavy atom. The molecular weight excluding hydrogens is 244 g/mol. The number of hydrogen-bond donors (Lipinski definition) is 2. The highest BCUT2D eigenvalue weighted by Gasteiger charge is 2.34. The van der Waals surface area contributed by atoms with Gasteiger partial charge in [0, 0.05) is 25.0 Å². The average molecular weight is 270 g/mol. The number of aliphatic hydroxyl groups excluding tert-OH is 1. The van der Waals surface area contributed by atoms with Gasteiger partial charge in [0.2, 0.25) is 5.91 Å². The first-order chi connectivity index (χ1) is 9.13. The molecular formula is C14H26N2O3. The molecule has 0 radical (unpaired) electrons. The van der Waals surface area contributed by atoms with Crippen molar-refractivity contribution in [2.45, 2.75) is 56.6 Å². The molecule has 1 saturated heterocycles. The number of carbonyl (C=O) groups is 1. The van der Waals surface area contributed by atoms with Crippen LogP contribution in [-0.4, -0.2) is 53.9 Å². The quantitative estimate of drug-likeness (QED) is 0.769. The second kappa shape index (κ2) is 6.68. The number of aliphatic hydroxyl groups is 1. The van der Waals surface area contributed by atoms with Crippen LogP contribution in [-0.2, 0) is 9.53 Å². The molecule has 1 saturated carbocycles. The Morgan fingerprint density at radius 2 is 1.95 bits per heavy atom. The standard InChI is InChI=1S/C14H26N2O3/c15-14(5-1-2-6-14)11-13(18)16-7-3-12(4-8-16)19-10-9-17/h12,17H,1-11,15H2. The Bertz CT molecular complexity index is 295. The van der Waals surface area contributed by atoms with Gasteiger partial charge in [0.05, 0.1) is 19.3 Å². The minimum atomic E-state index is -0.249. The molecule has 110 valence electrons. The third kappa shape index (κ3) is 4.16. The molecule has 1 aliphatic heterocycles. The lowest BCUT2D eigenvalue weighted by Gasteiger charge is -2.34. The maximum Gasteiger partial charge on any atom is 0.224 e. The van der Waals surface area contributed by atoms with Crippen LogP contribution in [0.5, 0.6) is 0 Å². The zero-order valence-electron chi connectivity index (χ0n) is 11.6. The highest BCUT2D eigenvalue weighted by Crippen LogP contribution is 2.31. The summed E-state index contributed by atoms with van der Waals surface area (Å²) in [6.45, 7) is 1.97. The van der Waals surface area contributed by atoms with E-state index in [-0.39, 0.29) is 24.2 Å². The fourth-order valence-corrected chi connectivity index (χ4v) is 3.16. The zero-order chi connectivity index (χ0) is 13.7. The maximum absolute atomic E-state index is 12.2. The van der Waals surface area contributed by atoms with Crippen LogP contribution < -0.4 is 5.73 Å². The molecule has 2 rings (SSSR count). The van der Waals surface area contributed by atoms with Crippen LogP contribution in [0.2, 0.25) is 0 Å². The van der Waals surface area contributed by atoms with E-state index in [4.69, 9.17) is 15.6 Å². The Balaban J connectivity index is 1.73. The molecule has 0 bridgehead atoms. The van der Waals surface area contributed by atoms with Gasteiger partial charge in [0.15, 0.2) is 0 Å². The highest BCUT2D eigenvalue weighted by molar-refractivity contribution is 5.77. The molecule has 19 heavy (non-hydrogen) atoms. The number of carbonyl (C=O) groups excluding carboxylic acids is 1. The predicted molar refractivity (Wildman–Crippen MR) is 72.6 cm³/mol. The van der Waals surface area contributed by atoms with Crippen molar-refractivity contribution in [3.05, 3.63) is 0 Å². The van der Waals surface area contributed by atoms with Crippen LogP contribution >= 0.6 is 0 Å². The van der Waals surface area contributed by atoms with Crippen LogP contribution in [0.25, 0.3) is 0 Å². The lowest BCUT2D eigenvalue weighted by molar-refractivity contribution is -0.135. The molecule has 2 fully saturated rings. The van der Waals surface area contributed by atoms with Crippen LogP contribution in [0.15, 0.2) is 0 Å². The van der Waals surface area contributed by atoms with Gasteiger partial charge in [0.1, 0.15) is 0 Å². The van der Waals surface area contributed by atoms with Crippen molar-refractivity contribution in [1.29, 1.82) is 0 Å². The van der Waals surface area contributed by atoms with Crippen LogP contribution in [0.1, 0.15) is 44.9 Å². The van der Waals surface area contributed by atoms with Crippen LogP contribution in [0.4, 0.5) is 0 Å². The van der Waals surface area contributed by atoms with Crippen molar-refractivity contribution < 1.29 is 14.6 Å². The second-order valence-corrected chi connectivity index (χ2v) is 5.92. The van der Waals surface area contributed by atoms with Crippen molar-refractivity contribution in [3.8, 4) is 0 Å². The molecule has 5 heteroatoms. The van der Waals surface area contributed by atoms with E-state index >= 15 is 0 Å². The summed E-state index contributed by atoms with van der Waals surface area (Å²) in [7, 11) is 0. The van der Waals surface area contributed by atoms with E-state index in [2.05, 4.69) is 0 Å². The summed E-state index contributed by atoms with van der Waals surface area (Å²) >= 11 is 0. The average Bonchev–Trinajstić information content (AvgIpc) is 2.83. The zero-order valence-corrected chi connectivity index (χ0v) is 11.6. The number of nitrogens with zero attached hydrogens (tertiary/aromatic N) is 1. The Labute approximate surface area is 115 Å². The van der Waals surface area contributed by atoms with Gasteiger partial charge in [-0.15, -0.1) is 0 Å². The van der Waals surface area contributed by atoms with Gasteiger partial charge in [-0.2, -0.15) is 0 Å². The first kappa shape index (κ1) is 14.8. The number of likely N-dealkylation sites (tertiary alicyclic amines) is 1. The number of amides is 1. The first-order valence-corrected chi connectivity index (χ1v) is 7.42. The maximum atomic E-state index is 12.2. The molecule has 2 aliphatic rings. The van der Waals surface area contributed by atoms with Gasteiger partial charge in [-0.3, -0.25) is 4.79 Å². The monoisotopic (exact) mass is 270 g/mol. The lowest BCUT2D eigenvalue weighted by atomic mass is 9.93. The molecule has 1 heterocycles. The number of nitrogens with two attached hydrogens (primary N) is 1. The van der Waals surface area contributed by atoms with Gasteiger partial charge >= 0.3 is 0 Å². The molecule has 0 spiro atoms. The van der Waals surface area contributed by atoms with Crippen molar-refractivity contribution >= 4 is 5.91 Å². The molecule has 0 aromatic carbocycles. The van der Waals surface area contributed by atoms with Crippen LogP contribution in [0.3, 0.4) is 0 Å². The van der Waals surface area contributed by atoms with Crippen molar-refractivity contribution in [2.75, 3.05) is 26.3 Å². The minimum Gasteiger partial charge on any atom is -0.394 e. The van der Waals surface area contributed by atoms with Gasteiger partial charge in [0.25, 0.3) is 0 Å². The molecule has 1 aliphatic carbocycles. The van der Waals surface area contributed by atoms with E-state index in [9.17, 15) is 4.79 Å². The van der Waals surface area contributed by atoms with Crippen LogP contribution in [0, 0.1) is 0 Å². The Morgan fingerprint density at radius 3 is 2.53 bits per heavy atom. The number of ether oxygens (including phenoxy) is 1. The largest absolute Gasteiger partial charge is 0.394 e. The summed E-state index contributed by atoms with van der Waals surface area (Å²) in [6, 6.07) is 0. The van der Waals surface area contributed by atoms with Crippen molar-refractivity contribution in [2.24, 2.45) is 5.73 Å². The van der Waals surface area contributed by atoms with Gasteiger partial charge in [-0.05, 0) is 25.7 Å². The van der Waals surface area contributed by atoms with E-state index in [0.29, 0.717) is 13.0 Å². The summed E-state index contributed by atoms with van der Waals surface area (Å²) in [5.41, 5.74) is 6.01. The summed E-state index contributed by atoms with van der Waals surface area (Å²) in [5.74, 6) is 0.199. The summed E-state index contributed by atoms with van der Waals surface area (Å²) in [5, 5.41) is 8.72. The minimum absolute atomic E-state index is 0.0643. The number of hydrogen-bond acceptors (Lipinski definition) is 4. The van der Waals surface area contributed by atoms with E-state index in [1.807, 2.05) is 4.90 Å². The van der Waals surface area contributed by atoms with E-state index in [1.54, 1.807) is 0 Å². The smallest absolute Gasteiger partial charge is 0.224 e. The lowest BCUT2D eigenvalue weighted by Crippen LogP contribution is -2.47. The SMILES string of the molecule is NC1(CC(=O)N2CCC(OCCO)CC2)CCCC1. The molecule has 0 atom stereocenters. The van der Waals surface area contributed by atoms with Gasteiger partial charge in [-0.25, -0.2) is 0 Å². The third-order valence-corrected chi connectivity index (χ3v) is 4.34. The molecule has 3 N–H and O–H groups in total. The summed E-state index contributed by atoms with van der Waals surface area (Å²) in [4.78, 5) is 14.2. The summed E-state index contributed by atoms with van der Waals surface area (Å²) in [6.07, 6.45) is 6.68. The van der Waals surface area contributed by atoms with Crippen molar-refractivity contribution in [1.82, 2.24) is 4.90 Å². The molecule has 0 aromatic heterocycles. The van der Waals surface area contributed by atoms with E-state index in [0.717, 1.165) is 51.6 Å². The summed E-state index contributed by atoms with van der Waals surface area (Å²) < 4.78 is 5.50. The molecule has 1 amide bonds. The normalized spacial score (nSPS) is 23.8. The fourth-order valence-electron chi connectivity index (χ4n) is 3.16. The topological polar surface area (TPSA) is 75.8 Å². The Hall–Kier alpha value is -0.650. The van der Waals surface area contributed by atoms with Gasteiger partial charge in [-0.1, -0.05) is 12.8 Å². The number of piperidine rings is 1. The third-order valence-electron chi connectivity index (χ3n) is 4.34. The highest BCUT2D eigenvalue weighted by atomic mass is 16.5. The predicted octanol–water partition coefficient (Wildman–Crippen LogP) is 0.648. The molecule has 0 unspecified atom stereocenters. The molecule has 5 nitrogen and oxygen atoms in total. The Kier molecular flexibility index (Phi) is 5.19. The first-order valence-electron chi connectivity index (χ1n) is 7.42.